The molecule has 2 bridgehead atoms. The molecule has 5 aromatic heterocycles. The minimum atomic E-state index is -2.30. The molecule has 1 aliphatic carbocycles. The van der Waals surface area contributed by atoms with Gasteiger partial charge in [0.25, 0.3) is 17.4 Å². The number of nitrogen functional groups attached to an aromatic ring is 1. The molecule has 1 spiro atoms. The number of nitrogens with two attached hydrogens (primary N) is 1. The number of aromatic nitrogens is 10. The quantitative estimate of drug-likeness (QED) is 0.00470. The number of carboxylic acid groups (broad SMARTS) is 1. The fourth-order valence-electron chi connectivity index (χ4n) is 21.7. The highest BCUT2D eigenvalue weighted by Gasteiger charge is 2.79. The van der Waals surface area contributed by atoms with Gasteiger partial charge in [-0.3, -0.25) is 43.4 Å². The Hall–Kier alpha value is -10.0. The summed E-state index contributed by atoms with van der Waals surface area (Å²) in [6, 6.07) is 16.9. The lowest BCUT2D eigenvalue weighted by Crippen LogP contribution is -2.81. The number of aromatic amines is 2. The number of para-hydroxylation sites is 1. The first-order valence-corrected chi connectivity index (χ1v) is 59.4. The second-order valence-corrected chi connectivity index (χ2v) is 50.2. The average molecular weight is 2140 g/mol. The van der Waals surface area contributed by atoms with Crippen molar-refractivity contribution in [2.24, 2.45) is 18.4 Å². The highest BCUT2D eigenvalue weighted by Crippen LogP contribution is 2.68. The predicted octanol–water partition coefficient (Wildman–Crippen LogP) is 6.73. The number of aryl methyl sites for hydroxylation is 1. The number of fused-ring (bicyclic) bond motifs is 7. The van der Waals surface area contributed by atoms with Gasteiger partial charge < -0.3 is 128 Å². The number of nitrogens with one attached hydrogen (secondary N) is 6. The van der Waals surface area contributed by atoms with E-state index >= 15 is 9.59 Å². The van der Waals surface area contributed by atoms with E-state index in [0.29, 0.717) is 251 Å². The number of rotatable bonds is 63. The van der Waals surface area contributed by atoms with Gasteiger partial charge in [-0.2, -0.15) is 4.98 Å². The molecule has 10 heterocycles. The van der Waals surface area contributed by atoms with Crippen LogP contribution >= 0.6 is 11.8 Å². The lowest BCUT2D eigenvalue weighted by Gasteiger charge is -2.63. The molecule has 46 heteroatoms. The van der Waals surface area contributed by atoms with Gasteiger partial charge in [-0.1, -0.05) is 68.1 Å². The topological polar surface area (TPSA) is 532 Å². The number of anilines is 3. The summed E-state index contributed by atoms with van der Waals surface area (Å²) in [6.07, 6.45) is 14.0. The minimum Gasteiger partial charge on any atom is -0.496 e. The molecule has 824 valence electrons. The van der Waals surface area contributed by atoms with Gasteiger partial charge >= 0.3 is 11.9 Å². The molecule has 11 atom stereocenters. The lowest BCUT2D eigenvalue weighted by molar-refractivity contribution is -0.203. The van der Waals surface area contributed by atoms with E-state index in [1.807, 2.05) is 44.0 Å². The number of carbonyl (C=O) groups excluding carboxylic acids is 4. The molecule has 5 aliphatic heterocycles. The van der Waals surface area contributed by atoms with Crippen LogP contribution in [0.25, 0.3) is 22.1 Å². The summed E-state index contributed by atoms with van der Waals surface area (Å²) in [5, 5.41) is 70.5. The molecule has 14 rings (SSSR count). The van der Waals surface area contributed by atoms with E-state index < -0.39 is 91.6 Å². The number of aliphatic hydroxyl groups excluding tert-OH is 1. The van der Waals surface area contributed by atoms with Crippen LogP contribution in [-0.2, 0) is 129 Å². The summed E-state index contributed by atoms with van der Waals surface area (Å²) < 4.78 is 87.4. The van der Waals surface area contributed by atoms with Crippen LogP contribution < -0.4 is 42.2 Å². The molecule has 3 aromatic carbocycles. The Bertz CT molecular complexity index is 5760. The van der Waals surface area contributed by atoms with Gasteiger partial charge in [-0.25, -0.2) is 24.7 Å². The number of H-pyrrole nitrogens is 2. The average Bonchev–Trinajstić information content (AvgIpc) is 1.48. The number of hydrogen-bond acceptors (Lipinski definition) is 37. The number of carbonyl (C=O) groups is 5. The third-order valence-electron chi connectivity index (χ3n) is 28.4. The van der Waals surface area contributed by atoms with Crippen molar-refractivity contribution in [2.75, 3.05) is 234 Å². The van der Waals surface area contributed by atoms with Gasteiger partial charge in [0, 0.05) is 152 Å². The van der Waals surface area contributed by atoms with Gasteiger partial charge in [0.05, 0.1) is 202 Å². The first-order valence-electron chi connectivity index (χ1n) is 52.1. The smallest absolute Gasteiger partial charge is 0.326 e. The monoisotopic (exact) mass is 2140 g/mol. The zero-order valence-electron chi connectivity index (χ0n) is 88.5. The van der Waals surface area contributed by atoms with Crippen molar-refractivity contribution in [2.45, 2.75) is 188 Å². The van der Waals surface area contributed by atoms with Gasteiger partial charge in [-0.15, -0.1) is 5.10 Å². The number of esters is 1. The summed E-state index contributed by atoms with van der Waals surface area (Å²) in [4.78, 5) is 115. The van der Waals surface area contributed by atoms with Crippen LogP contribution in [0.1, 0.15) is 128 Å². The fourth-order valence-corrected chi connectivity index (χ4v) is 32.1. The molecular formula is C104H154N18O25SSi2. The number of carboxylic acids is 1. The minimum absolute atomic E-state index is 0.0541. The number of aliphatic hydroxyl groups is 3. The summed E-state index contributed by atoms with van der Waals surface area (Å²) in [6.45, 7) is 30.1. The Morgan fingerprint density at radius 2 is 1.31 bits per heavy atom. The molecular weight excluding hydrogens is 1990 g/mol. The van der Waals surface area contributed by atoms with E-state index in [0.717, 1.165) is 69.1 Å². The van der Waals surface area contributed by atoms with Crippen LogP contribution in [-0.4, -0.2) is 380 Å². The first-order chi connectivity index (χ1) is 72.4. The summed E-state index contributed by atoms with van der Waals surface area (Å²) in [5.41, 5.74) is 6.57. The molecule has 1 saturated carbocycles. The third kappa shape index (κ3) is 30.2. The first kappa shape index (κ1) is 117. The molecule has 2 saturated heterocycles. The predicted molar refractivity (Wildman–Crippen MR) is 566 cm³/mol. The summed E-state index contributed by atoms with van der Waals surface area (Å²) >= 11 is 1.60. The van der Waals surface area contributed by atoms with E-state index in [4.69, 9.17) is 76.2 Å². The Balaban J connectivity index is 0.000000282. The SMILES string of the molecule is CCCOCCOCCOCCOCCOCCOCc1cnc(SC[Si](C)(C)O[Si](C)(C)CCCNC(=O)[C@@]2(O)[C@H](O)[C@]3(CC)C=CCN4CC[C@@]5(c6cc([C@@]7(C(=O)OC)C[C@@H]8CN(CCc9c7[nH]c7ccccc97)C[C@](O)(CC)C8)c(OC)cc6N(C)[C@@H]25)[C@@H]43)nc1.Cn1cc(COCCOCCOCCOCCOCCOCCNC(=O)CC[C@H](NC(=O)c2ccc(NCc3cnc4nc(N)[nH]c(=O)c4n3)cc2)C(=O)O)nn1. The second kappa shape index (κ2) is 56.2. The number of ether oxygens (including phenoxy) is 14. The van der Waals surface area contributed by atoms with E-state index in [2.05, 4.69) is 140 Å². The van der Waals surface area contributed by atoms with Crippen molar-refractivity contribution in [3.05, 3.63) is 153 Å². The fraction of sp³-hybridized carbons (Fsp3) is 0.625. The van der Waals surface area contributed by atoms with Crippen molar-refractivity contribution >= 4 is 97.4 Å². The number of thioether (sulfide) groups is 1. The van der Waals surface area contributed by atoms with Crippen LogP contribution in [0.3, 0.4) is 0 Å². The molecule has 43 nitrogen and oxygen atoms in total. The van der Waals surface area contributed by atoms with Crippen molar-refractivity contribution < 1.29 is 115 Å². The number of hydrogen-bond donors (Lipinski definition) is 11. The number of aliphatic carboxylic acids is 1. The maximum absolute atomic E-state index is 15.6. The van der Waals surface area contributed by atoms with Crippen LogP contribution in [0.5, 0.6) is 5.75 Å². The molecule has 3 amide bonds. The zero-order valence-corrected chi connectivity index (χ0v) is 91.3. The Morgan fingerprint density at radius 3 is 1.91 bits per heavy atom. The maximum Gasteiger partial charge on any atom is 0.326 e. The maximum atomic E-state index is 15.6. The van der Waals surface area contributed by atoms with Crippen molar-refractivity contribution in [3.63, 3.8) is 0 Å². The second-order valence-electron chi connectivity index (χ2n) is 40.0. The molecule has 3 fully saturated rings. The van der Waals surface area contributed by atoms with Gasteiger partial charge in [-0.05, 0) is 150 Å². The van der Waals surface area contributed by atoms with E-state index in [1.54, 1.807) is 61.3 Å². The standard InChI is InChI=1S/C69H105N7O14SSi2.C35H49N11O11/c1-11-27-84-28-29-85-30-31-86-32-33-87-34-35-88-36-37-89-46-50-43-71-64(72-44-50)91-48-93(9,10)90-92(7,8)38-17-23-70-62(78)69(81)60-67(22-26-76-24-16-21-66(13-3,59(67)76)61(69)77)53-39-54(57(82-5)40-56(53)74(60)4)68(63(79)83-6)42-49-41-65(80,12-2)47-75(45-49)25-20-52-51-18-14-15-19-55(51)73-58(52)68;1-46-22-27(44-45-46)23-57-19-18-56-17-16-55-15-14-54-13-12-53-11-10-52-9-8-37-29(47)7-6-28(34(50)51)41-32(48)24-2-4-25(5-3-24)38-20-26-21-39-31-30(40-26)33(49)43-35(36)42-31/h14-16,18-19,21,39-40,43-44,49,59-61,73,77,80-81H,11-13,17,20,22-38,41-42,45-48H2,1-10H3,(H,70,78);2-5,21-22,28,38H,6-20,23H2,1H3,(H,37,47)(H,41,48)(H,50,51)(H3,36,39,42,43,49)/t49-,59+,60-,61-,65+,66-,67-,68+,69+;28-/m10/s1. The van der Waals surface area contributed by atoms with E-state index in [-0.39, 0.29) is 79.6 Å². The van der Waals surface area contributed by atoms with Crippen LogP contribution in [0.4, 0.5) is 17.3 Å². The number of amides is 3. The van der Waals surface area contributed by atoms with Crippen molar-refractivity contribution in [1.29, 1.82) is 0 Å². The molecule has 150 heavy (non-hydrogen) atoms. The highest BCUT2D eigenvalue weighted by atomic mass is 32.2. The highest BCUT2D eigenvalue weighted by molar-refractivity contribution is 8.00. The number of methoxy groups -OCH3 is 2. The third-order valence-corrected chi connectivity index (χ3v) is 38.2. The van der Waals surface area contributed by atoms with Gasteiger partial charge in [0.15, 0.2) is 38.6 Å². The number of benzene rings is 3. The van der Waals surface area contributed by atoms with Crippen LogP contribution in [0, 0.1) is 11.3 Å². The van der Waals surface area contributed by atoms with Crippen molar-refractivity contribution in [1.82, 2.24) is 75.6 Å². The molecule has 0 radical (unpaired) electrons. The summed E-state index contributed by atoms with van der Waals surface area (Å²) in [7, 11) is 2.27. The molecule has 8 aromatic rings. The van der Waals surface area contributed by atoms with Crippen LogP contribution in [0.15, 0.2) is 108 Å². The Kier molecular flexibility index (Phi) is 43.9. The van der Waals surface area contributed by atoms with Crippen LogP contribution in [0.2, 0.25) is 32.2 Å². The normalized spacial score (nSPS) is 22.0. The largest absolute Gasteiger partial charge is 0.496 e. The zero-order chi connectivity index (χ0) is 107. The molecule has 6 aliphatic rings. The number of piperidine rings is 1. The number of likely N-dealkylation sites (N-methyl/N-ethyl adjacent to an activating group) is 1. The van der Waals surface area contributed by atoms with E-state index in [1.165, 1.54) is 25.4 Å². The lowest BCUT2D eigenvalue weighted by atomic mass is 9.47. The molecule has 1 unspecified atom stereocenters. The van der Waals surface area contributed by atoms with Gasteiger partial charge in [0.1, 0.15) is 29.0 Å². The van der Waals surface area contributed by atoms with Gasteiger partial charge in [0.2, 0.25) is 11.9 Å². The summed E-state index contributed by atoms with van der Waals surface area (Å²) in [5.74, 6) is -2.99. The Morgan fingerprint density at radius 1 is 0.680 bits per heavy atom. The van der Waals surface area contributed by atoms with Crippen molar-refractivity contribution in [3.8, 4) is 5.75 Å². The van der Waals surface area contributed by atoms with E-state index in [9.17, 15) is 39.6 Å². The molecule has 12 N–H and O–H groups in total. The number of nitrogens with zero attached hydrogens (tertiary/aromatic N) is 11. The Labute approximate surface area is 882 Å².